The monoisotopic (exact) mass is 308 g/mol. The molecule has 0 aromatic carbocycles. The summed E-state index contributed by atoms with van der Waals surface area (Å²) >= 11 is 0. The molecule has 0 aromatic heterocycles. The van der Waals surface area contributed by atoms with Gasteiger partial charge in [0.2, 0.25) is 0 Å². The number of allylic oxidation sites excluding steroid dienone is 2. The summed E-state index contributed by atoms with van der Waals surface area (Å²) in [5.41, 5.74) is 0.465. The molecule has 1 heterocycles. The Labute approximate surface area is 140 Å². The van der Waals surface area contributed by atoms with Crippen LogP contribution in [0.1, 0.15) is 87.5 Å². The van der Waals surface area contributed by atoms with E-state index in [0.717, 1.165) is 6.67 Å². The first-order chi connectivity index (χ1) is 10.1. The van der Waals surface area contributed by atoms with Gasteiger partial charge in [0.1, 0.15) is 0 Å². The number of hydrogen-bond donors (Lipinski definition) is 0. The first-order valence-electron chi connectivity index (χ1n) is 8.96. The van der Waals surface area contributed by atoms with Gasteiger partial charge in [-0.1, -0.05) is 38.3 Å². The number of unbranched alkanes of at least 4 members (excludes halogenated alkanes) is 4. The van der Waals surface area contributed by atoms with Crippen LogP contribution in [0.25, 0.3) is 0 Å². The average molecular weight is 309 g/mol. The molecule has 0 aliphatic carbocycles. The number of rotatable bonds is 5. The second kappa shape index (κ2) is 9.97. The van der Waals surface area contributed by atoms with Gasteiger partial charge in [-0.05, 0) is 61.3 Å². The zero-order valence-electron chi connectivity index (χ0n) is 16.4. The van der Waals surface area contributed by atoms with E-state index in [4.69, 9.17) is 0 Å². The lowest BCUT2D eigenvalue weighted by molar-refractivity contribution is 0.110. The van der Waals surface area contributed by atoms with Crippen LogP contribution in [0.5, 0.6) is 0 Å². The standard InChI is InChI=1S/C11H22N2.C9H18/c1-10(2,3)12-7-8-13(9-12)11(4,5)6;1-3-5-7-9-8-6-4-2/h7-8H,9H2,1-6H3;3,5H,4,6-9H2,1-2H3. The molecule has 0 fully saturated rings. The normalized spacial score (nSPS) is 15.5. The SMILES string of the molecule is CC(C)(C)N1C=CN(C(C)(C)C)C1.CC=CCCCCCC. The smallest absolute Gasteiger partial charge is 0.0903 e. The third-order valence-corrected chi connectivity index (χ3v) is 3.91. The predicted molar refractivity (Wildman–Crippen MR) is 101 cm³/mol. The van der Waals surface area contributed by atoms with Crippen LogP contribution in [0.15, 0.2) is 24.6 Å². The Morgan fingerprint density at radius 1 is 0.864 bits per heavy atom. The van der Waals surface area contributed by atoms with Gasteiger partial charge in [-0.15, -0.1) is 0 Å². The third-order valence-electron chi connectivity index (χ3n) is 3.91. The topological polar surface area (TPSA) is 6.48 Å². The van der Waals surface area contributed by atoms with E-state index < -0.39 is 0 Å². The number of hydrogen-bond acceptors (Lipinski definition) is 2. The molecule has 0 atom stereocenters. The fraction of sp³-hybridized carbons (Fsp3) is 0.800. The summed E-state index contributed by atoms with van der Waals surface area (Å²) in [5.74, 6) is 0. The maximum atomic E-state index is 2.36. The minimum atomic E-state index is 0.233. The molecule has 0 amide bonds. The molecule has 0 radical (unpaired) electrons. The summed E-state index contributed by atoms with van der Waals surface area (Å²) in [7, 11) is 0. The Kier molecular flexibility index (Phi) is 9.55. The van der Waals surface area contributed by atoms with Gasteiger partial charge in [0, 0.05) is 23.5 Å². The molecule has 130 valence electrons. The Bertz CT molecular complexity index is 307. The van der Waals surface area contributed by atoms with Crippen molar-refractivity contribution in [3.05, 3.63) is 24.6 Å². The van der Waals surface area contributed by atoms with Crippen LogP contribution >= 0.6 is 0 Å². The van der Waals surface area contributed by atoms with Gasteiger partial charge in [-0.25, -0.2) is 0 Å². The van der Waals surface area contributed by atoms with E-state index in [-0.39, 0.29) is 11.1 Å². The maximum Gasteiger partial charge on any atom is 0.0903 e. The van der Waals surface area contributed by atoms with E-state index in [9.17, 15) is 0 Å². The highest BCUT2D eigenvalue weighted by molar-refractivity contribution is 5.00. The molecule has 0 unspecified atom stereocenters. The van der Waals surface area contributed by atoms with E-state index in [1.807, 2.05) is 0 Å². The van der Waals surface area contributed by atoms with E-state index in [1.54, 1.807) is 0 Å². The first kappa shape index (κ1) is 21.1. The maximum absolute atomic E-state index is 2.36. The molecule has 2 nitrogen and oxygen atoms in total. The molecule has 22 heavy (non-hydrogen) atoms. The zero-order valence-corrected chi connectivity index (χ0v) is 16.4. The van der Waals surface area contributed by atoms with E-state index in [2.05, 4.69) is 89.7 Å². The Morgan fingerprint density at radius 2 is 1.36 bits per heavy atom. The fourth-order valence-corrected chi connectivity index (χ4v) is 2.15. The summed E-state index contributed by atoms with van der Waals surface area (Å²) in [4.78, 5) is 4.72. The lowest BCUT2D eigenvalue weighted by Crippen LogP contribution is -2.44. The molecule has 1 aliphatic heterocycles. The van der Waals surface area contributed by atoms with E-state index in [1.165, 1.54) is 32.1 Å². The second-order valence-electron chi connectivity index (χ2n) is 8.14. The average Bonchev–Trinajstić information content (AvgIpc) is 2.89. The van der Waals surface area contributed by atoms with Crippen molar-refractivity contribution in [1.29, 1.82) is 0 Å². The van der Waals surface area contributed by atoms with Crippen molar-refractivity contribution in [2.24, 2.45) is 0 Å². The van der Waals surface area contributed by atoms with Crippen LogP contribution in [0.3, 0.4) is 0 Å². The van der Waals surface area contributed by atoms with Crippen molar-refractivity contribution in [3.63, 3.8) is 0 Å². The molecular formula is C20H40N2. The predicted octanol–water partition coefficient (Wildman–Crippen LogP) is 6.16. The van der Waals surface area contributed by atoms with Crippen molar-refractivity contribution in [2.75, 3.05) is 6.67 Å². The van der Waals surface area contributed by atoms with Crippen molar-refractivity contribution in [3.8, 4) is 0 Å². The molecule has 1 aliphatic rings. The Morgan fingerprint density at radius 3 is 1.68 bits per heavy atom. The summed E-state index contributed by atoms with van der Waals surface area (Å²) < 4.78 is 0. The van der Waals surface area contributed by atoms with Crippen LogP contribution in [-0.4, -0.2) is 27.5 Å². The fourth-order valence-electron chi connectivity index (χ4n) is 2.15. The Balaban J connectivity index is 0.000000433. The molecule has 0 saturated carbocycles. The van der Waals surface area contributed by atoms with Crippen molar-refractivity contribution < 1.29 is 0 Å². The van der Waals surface area contributed by atoms with E-state index >= 15 is 0 Å². The molecule has 0 aromatic rings. The van der Waals surface area contributed by atoms with Gasteiger partial charge in [0.25, 0.3) is 0 Å². The molecular weight excluding hydrogens is 268 g/mol. The van der Waals surface area contributed by atoms with Gasteiger partial charge in [0.15, 0.2) is 0 Å². The third kappa shape index (κ3) is 9.17. The van der Waals surface area contributed by atoms with Crippen LogP contribution in [0.2, 0.25) is 0 Å². The van der Waals surface area contributed by atoms with E-state index in [0.29, 0.717) is 0 Å². The highest BCUT2D eigenvalue weighted by atomic mass is 15.4. The minimum absolute atomic E-state index is 0.233. The van der Waals surface area contributed by atoms with Crippen molar-refractivity contribution in [1.82, 2.24) is 9.80 Å². The lowest BCUT2D eigenvalue weighted by Gasteiger charge is -2.38. The second-order valence-corrected chi connectivity index (χ2v) is 8.14. The van der Waals surface area contributed by atoms with Crippen LogP contribution in [0.4, 0.5) is 0 Å². The molecule has 0 spiro atoms. The van der Waals surface area contributed by atoms with Crippen LogP contribution < -0.4 is 0 Å². The number of nitrogens with zero attached hydrogens (tertiary/aromatic N) is 2. The Hall–Kier alpha value is -0.920. The van der Waals surface area contributed by atoms with Crippen molar-refractivity contribution in [2.45, 2.75) is 98.6 Å². The van der Waals surface area contributed by atoms with Crippen molar-refractivity contribution >= 4 is 0 Å². The molecule has 0 N–H and O–H groups in total. The highest BCUT2D eigenvalue weighted by Gasteiger charge is 2.28. The van der Waals surface area contributed by atoms with Gasteiger partial charge >= 0.3 is 0 Å². The highest BCUT2D eigenvalue weighted by Crippen LogP contribution is 2.24. The first-order valence-corrected chi connectivity index (χ1v) is 8.96. The summed E-state index contributed by atoms with van der Waals surface area (Å²) in [6.07, 6.45) is 15.5. The van der Waals surface area contributed by atoms with Gasteiger partial charge < -0.3 is 9.80 Å². The molecule has 0 bridgehead atoms. The summed E-state index contributed by atoms with van der Waals surface area (Å²) in [6.45, 7) is 18.8. The van der Waals surface area contributed by atoms with Gasteiger partial charge in [-0.3, -0.25) is 0 Å². The minimum Gasteiger partial charge on any atom is -0.354 e. The lowest BCUT2D eigenvalue weighted by atomic mass is 10.1. The van der Waals surface area contributed by atoms with Gasteiger partial charge in [0.05, 0.1) is 6.67 Å². The van der Waals surface area contributed by atoms with Gasteiger partial charge in [-0.2, -0.15) is 0 Å². The molecule has 2 heteroatoms. The molecule has 0 saturated heterocycles. The quantitative estimate of drug-likeness (QED) is 0.443. The van der Waals surface area contributed by atoms with Crippen LogP contribution in [-0.2, 0) is 0 Å². The van der Waals surface area contributed by atoms with Crippen LogP contribution in [0, 0.1) is 0 Å². The summed E-state index contributed by atoms with van der Waals surface area (Å²) in [5, 5.41) is 0. The largest absolute Gasteiger partial charge is 0.354 e. The summed E-state index contributed by atoms with van der Waals surface area (Å²) in [6, 6.07) is 0. The molecule has 1 rings (SSSR count). The zero-order chi connectivity index (χ0) is 17.2.